The summed E-state index contributed by atoms with van der Waals surface area (Å²) in [6.45, 7) is 4.69. The first-order valence-corrected chi connectivity index (χ1v) is 8.39. The van der Waals surface area contributed by atoms with Crippen LogP contribution in [0.5, 0.6) is 0 Å². The molecule has 8 nitrogen and oxygen atoms in total. The summed E-state index contributed by atoms with van der Waals surface area (Å²) in [6, 6.07) is 7.25. The normalized spacial score (nSPS) is 11.2. The minimum absolute atomic E-state index is 0. The molecular weight excluding hydrogens is 483 g/mol. The van der Waals surface area contributed by atoms with E-state index in [2.05, 4.69) is 30.9 Å². The van der Waals surface area contributed by atoms with Crippen LogP contribution in [0.1, 0.15) is 22.9 Å². The summed E-state index contributed by atoms with van der Waals surface area (Å²) < 4.78 is 10.4. The molecule has 0 fully saturated rings. The van der Waals surface area contributed by atoms with Crippen LogP contribution in [0.15, 0.2) is 38.3 Å². The number of aromatic nitrogens is 3. The molecule has 0 aliphatic heterocycles. The summed E-state index contributed by atoms with van der Waals surface area (Å²) in [7, 11) is 1.69. The molecule has 1 aromatic carbocycles. The van der Waals surface area contributed by atoms with Gasteiger partial charge in [0.15, 0.2) is 5.96 Å². The van der Waals surface area contributed by atoms with Crippen molar-refractivity contribution < 1.29 is 9.05 Å². The number of guanidine groups is 1. The molecule has 0 saturated carbocycles. The van der Waals surface area contributed by atoms with Gasteiger partial charge in [-0.15, -0.1) is 24.0 Å². The van der Waals surface area contributed by atoms with Crippen LogP contribution in [-0.2, 0) is 13.1 Å². The maximum Gasteiger partial charge on any atom is 0.246 e. The summed E-state index contributed by atoms with van der Waals surface area (Å²) in [4.78, 5) is 8.54. The van der Waals surface area contributed by atoms with E-state index in [0.29, 0.717) is 35.8 Å². The summed E-state index contributed by atoms with van der Waals surface area (Å²) in [5.41, 5.74) is 2.70. The maximum absolute atomic E-state index is 5.89. The molecule has 3 aromatic rings. The smallest absolute Gasteiger partial charge is 0.246 e. The third kappa shape index (κ3) is 5.42. The largest absolute Gasteiger partial charge is 0.361 e. The monoisotopic (exact) mass is 502 g/mol. The zero-order chi connectivity index (χ0) is 18.5. The fourth-order valence-electron chi connectivity index (χ4n) is 2.35. The van der Waals surface area contributed by atoms with Crippen LogP contribution in [0.3, 0.4) is 0 Å². The molecule has 0 unspecified atom stereocenters. The first kappa shape index (κ1) is 21.2. The van der Waals surface area contributed by atoms with Crippen LogP contribution in [0.25, 0.3) is 11.4 Å². The number of benzene rings is 1. The Hall–Kier alpha value is -2.14. The van der Waals surface area contributed by atoms with Crippen molar-refractivity contribution in [2.45, 2.75) is 26.9 Å². The predicted octanol–water partition coefficient (Wildman–Crippen LogP) is 3.48. The Kier molecular flexibility index (Phi) is 7.60. The highest BCUT2D eigenvalue weighted by atomic mass is 127. The van der Waals surface area contributed by atoms with Crippen molar-refractivity contribution in [3.8, 4) is 11.4 Å². The Morgan fingerprint density at radius 1 is 1.07 bits per heavy atom. The van der Waals surface area contributed by atoms with Crippen LogP contribution in [0, 0.1) is 13.8 Å². The van der Waals surface area contributed by atoms with E-state index in [0.717, 1.165) is 22.6 Å². The van der Waals surface area contributed by atoms with E-state index >= 15 is 0 Å². The highest BCUT2D eigenvalue weighted by Gasteiger charge is 2.11. The van der Waals surface area contributed by atoms with Crippen LogP contribution in [-0.4, -0.2) is 28.3 Å². The van der Waals surface area contributed by atoms with Crippen molar-refractivity contribution in [2.75, 3.05) is 7.05 Å². The molecular formula is C17H20ClIN6O2. The number of halogens is 2. The van der Waals surface area contributed by atoms with Gasteiger partial charge in [0.25, 0.3) is 0 Å². The molecule has 0 spiro atoms. The lowest BCUT2D eigenvalue weighted by Gasteiger charge is -2.10. The van der Waals surface area contributed by atoms with E-state index in [4.69, 9.17) is 20.6 Å². The fourth-order valence-corrected chi connectivity index (χ4v) is 2.48. The van der Waals surface area contributed by atoms with Gasteiger partial charge in [-0.3, -0.25) is 4.99 Å². The van der Waals surface area contributed by atoms with E-state index < -0.39 is 0 Å². The van der Waals surface area contributed by atoms with Crippen molar-refractivity contribution in [1.29, 1.82) is 0 Å². The molecule has 0 atom stereocenters. The van der Waals surface area contributed by atoms with Gasteiger partial charge in [0.1, 0.15) is 5.76 Å². The van der Waals surface area contributed by atoms with Crippen molar-refractivity contribution >= 4 is 41.5 Å². The molecule has 144 valence electrons. The zero-order valence-electron chi connectivity index (χ0n) is 15.1. The van der Waals surface area contributed by atoms with Crippen LogP contribution in [0.2, 0.25) is 5.02 Å². The standard InChI is InChI=1S/C17H19ClN6O2.HI/c1-10-14(11(2)25-23-10)8-20-17(19-3)21-9-15-22-16(24-26-15)12-4-6-13(18)7-5-12;/h4-7H,8-9H2,1-3H3,(H2,19,20,21);1H. The van der Waals surface area contributed by atoms with Gasteiger partial charge < -0.3 is 19.7 Å². The number of hydrogen-bond acceptors (Lipinski definition) is 6. The lowest BCUT2D eigenvalue weighted by molar-refractivity contribution is 0.375. The number of aliphatic imine (C=N–C) groups is 1. The second-order valence-corrected chi connectivity index (χ2v) is 6.04. The molecule has 10 heteroatoms. The van der Waals surface area contributed by atoms with Gasteiger partial charge >= 0.3 is 0 Å². The summed E-state index contributed by atoms with van der Waals surface area (Å²) in [6.07, 6.45) is 0. The van der Waals surface area contributed by atoms with E-state index in [1.54, 1.807) is 19.2 Å². The Morgan fingerprint density at radius 3 is 2.41 bits per heavy atom. The Balaban J connectivity index is 0.00000261. The van der Waals surface area contributed by atoms with Gasteiger partial charge in [0, 0.05) is 29.7 Å². The minimum atomic E-state index is 0. The number of hydrogen-bond donors (Lipinski definition) is 2. The highest BCUT2D eigenvalue weighted by molar-refractivity contribution is 14.0. The quantitative estimate of drug-likeness (QED) is 0.313. The topological polar surface area (TPSA) is 101 Å². The lowest BCUT2D eigenvalue weighted by atomic mass is 10.2. The molecule has 0 radical (unpaired) electrons. The van der Waals surface area contributed by atoms with Gasteiger partial charge in [0.05, 0.1) is 12.2 Å². The zero-order valence-corrected chi connectivity index (χ0v) is 18.2. The molecule has 0 aliphatic rings. The maximum atomic E-state index is 5.89. The Labute approximate surface area is 178 Å². The molecule has 3 rings (SSSR count). The summed E-state index contributed by atoms with van der Waals surface area (Å²) in [5.74, 6) is 2.36. The molecule has 2 aromatic heterocycles. The average Bonchev–Trinajstić information content (AvgIpc) is 3.23. The molecule has 0 bridgehead atoms. The van der Waals surface area contributed by atoms with Crippen molar-refractivity contribution in [2.24, 2.45) is 4.99 Å². The van der Waals surface area contributed by atoms with E-state index in [-0.39, 0.29) is 24.0 Å². The second kappa shape index (κ2) is 9.70. The number of nitrogens with one attached hydrogen (secondary N) is 2. The van der Waals surface area contributed by atoms with Gasteiger partial charge in [-0.2, -0.15) is 4.98 Å². The predicted molar refractivity (Wildman–Crippen MR) is 113 cm³/mol. The van der Waals surface area contributed by atoms with Crippen LogP contribution >= 0.6 is 35.6 Å². The van der Waals surface area contributed by atoms with Crippen LogP contribution in [0.4, 0.5) is 0 Å². The molecule has 2 N–H and O–H groups in total. The molecule has 27 heavy (non-hydrogen) atoms. The van der Waals surface area contributed by atoms with E-state index in [1.807, 2.05) is 26.0 Å². The third-order valence-electron chi connectivity index (χ3n) is 3.82. The number of rotatable bonds is 5. The number of nitrogens with zero attached hydrogens (tertiary/aromatic N) is 4. The van der Waals surface area contributed by atoms with Crippen LogP contribution < -0.4 is 10.6 Å². The molecule has 2 heterocycles. The third-order valence-corrected chi connectivity index (χ3v) is 4.07. The van der Waals surface area contributed by atoms with Crippen molar-refractivity contribution in [3.63, 3.8) is 0 Å². The van der Waals surface area contributed by atoms with Gasteiger partial charge in [-0.1, -0.05) is 21.9 Å². The Morgan fingerprint density at radius 2 is 1.78 bits per heavy atom. The summed E-state index contributed by atoms with van der Waals surface area (Å²) in [5, 5.41) is 14.9. The highest BCUT2D eigenvalue weighted by Crippen LogP contribution is 2.18. The first-order valence-electron chi connectivity index (χ1n) is 8.01. The first-order chi connectivity index (χ1) is 12.6. The van der Waals surface area contributed by atoms with Gasteiger partial charge in [-0.25, -0.2) is 0 Å². The molecule has 0 saturated heterocycles. The SMILES string of the molecule is CN=C(NCc1nc(-c2ccc(Cl)cc2)no1)NCc1c(C)noc1C.I. The van der Waals surface area contributed by atoms with Gasteiger partial charge in [-0.05, 0) is 38.1 Å². The minimum Gasteiger partial charge on any atom is -0.361 e. The van der Waals surface area contributed by atoms with Crippen molar-refractivity contribution in [3.05, 3.63) is 52.2 Å². The van der Waals surface area contributed by atoms with Crippen molar-refractivity contribution in [1.82, 2.24) is 25.9 Å². The van der Waals surface area contributed by atoms with Gasteiger partial charge in [0.2, 0.25) is 11.7 Å². The lowest BCUT2D eigenvalue weighted by Crippen LogP contribution is -2.36. The van der Waals surface area contributed by atoms with E-state index in [1.165, 1.54) is 0 Å². The Bertz CT molecular complexity index is 887. The van der Waals surface area contributed by atoms with E-state index in [9.17, 15) is 0 Å². The average molecular weight is 503 g/mol. The molecule has 0 aliphatic carbocycles. The fraction of sp³-hybridized carbons (Fsp3) is 0.294. The summed E-state index contributed by atoms with van der Waals surface area (Å²) >= 11 is 5.89. The number of aryl methyl sites for hydroxylation is 2. The second-order valence-electron chi connectivity index (χ2n) is 5.60. The molecule has 0 amide bonds.